The molecule has 6 heteroatoms. The molecule has 0 fully saturated rings. The van der Waals surface area contributed by atoms with Crippen molar-refractivity contribution in [1.29, 1.82) is 15.8 Å². The zero-order valence-electron chi connectivity index (χ0n) is 22.1. The first-order chi connectivity index (χ1) is 18.9. The van der Waals surface area contributed by atoms with Crippen LogP contribution in [-0.4, -0.2) is 0 Å². The minimum atomic E-state index is 0.345. The molecule has 0 heterocycles. The number of ether oxygens (including phenoxy) is 3. The van der Waals surface area contributed by atoms with E-state index in [1.165, 1.54) is 0 Å². The van der Waals surface area contributed by atoms with Gasteiger partial charge in [0.2, 0.25) is 0 Å². The Labute approximate surface area is 228 Å². The molecule has 0 aromatic heterocycles. The van der Waals surface area contributed by atoms with Crippen molar-refractivity contribution in [2.45, 2.75) is 40.6 Å². The molecule has 0 radical (unpaired) electrons. The Balaban J connectivity index is 1.64. The Kier molecular flexibility index (Phi) is 8.47. The summed E-state index contributed by atoms with van der Waals surface area (Å²) < 4.78 is 18.4. The molecule has 0 bridgehead atoms. The molecule has 0 saturated carbocycles. The number of hydrogen-bond acceptors (Lipinski definition) is 6. The zero-order valence-corrected chi connectivity index (χ0v) is 22.1. The summed E-state index contributed by atoms with van der Waals surface area (Å²) in [6.45, 7) is 7.24. The molecular weight excluding hydrogens is 486 g/mol. The van der Waals surface area contributed by atoms with Crippen LogP contribution >= 0.6 is 0 Å². The second-order valence-electron chi connectivity index (χ2n) is 9.09. The fourth-order valence-corrected chi connectivity index (χ4v) is 4.38. The van der Waals surface area contributed by atoms with Gasteiger partial charge in [0.1, 0.15) is 37.1 Å². The van der Waals surface area contributed by atoms with Gasteiger partial charge in [-0.1, -0.05) is 0 Å². The summed E-state index contributed by atoms with van der Waals surface area (Å²) in [5.41, 5.74) is 8.10. The third-order valence-corrected chi connectivity index (χ3v) is 6.82. The fourth-order valence-electron chi connectivity index (χ4n) is 4.38. The highest BCUT2D eigenvalue weighted by Crippen LogP contribution is 2.31. The van der Waals surface area contributed by atoms with Crippen LogP contribution in [0.4, 0.5) is 0 Å². The summed E-state index contributed by atoms with van der Waals surface area (Å²) in [6, 6.07) is 27.5. The molecule has 0 saturated heterocycles. The average molecular weight is 514 g/mol. The van der Waals surface area contributed by atoms with Gasteiger partial charge in [0.15, 0.2) is 0 Å². The van der Waals surface area contributed by atoms with Crippen molar-refractivity contribution >= 4 is 0 Å². The zero-order chi connectivity index (χ0) is 27.8. The van der Waals surface area contributed by atoms with Crippen LogP contribution in [0.3, 0.4) is 0 Å². The van der Waals surface area contributed by atoms with Gasteiger partial charge in [0.25, 0.3) is 0 Å². The smallest absolute Gasteiger partial charge is 0.119 e. The molecule has 6 nitrogen and oxygen atoms in total. The summed E-state index contributed by atoms with van der Waals surface area (Å²) in [7, 11) is 0. The fraction of sp³-hybridized carbons (Fsp3) is 0.182. The molecule has 0 atom stereocenters. The highest BCUT2D eigenvalue weighted by atomic mass is 16.5. The van der Waals surface area contributed by atoms with E-state index in [1.807, 2.05) is 0 Å². The molecule has 4 aromatic rings. The van der Waals surface area contributed by atoms with Crippen molar-refractivity contribution in [1.82, 2.24) is 0 Å². The van der Waals surface area contributed by atoms with Gasteiger partial charge < -0.3 is 14.2 Å². The first-order valence-electron chi connectivity index (χ1n) is 12.4. The molecule has 0 unspecified atom stereocenters. The number of benzene rings is 4. The molecule has 0 amide bonds. The molecule has 39 heavy (non-hydrogen) atoms. The summed E-state index contributed by atoms with van der Waals surface area (Å²) in [4.78, 5) is 0. The van der Waals surface area contributed by atoms with Gasteiger partial charge in [-0.25, -0.2) is 0 Å². The SMILES string of the molecule is Cc1c(COc2ccc(C#N)cc2)c(C)c(COc2ccc(C#N)cc2)c(C)c1COc1ccc(C#N)cc1. The van der Waals surface area contributed by atoms with Crippen molar-refractivity contribution in [3.05, 3.63) is 123 Å². The second kappa shape index (κ2) is 12.3. The molecule has 0 N–H and O–H groups in total. The maximum atomic E-state index is 9.07. The molecule has 192 valence electrons. The van der Waals surface area contributed by atoms with Crippen LogP contribution < -0.4 is 14.2 Å². The maximum absolute atomic E-state index is 9.07. The van der Waals surface area contributed by atoms with Gasteiger partial charge >= 0.3 is 0 Å². The van der Waals surface area contributed by atoms with E-state index in [0.717, 1.165) is 33.4 Å². The van der Waals surface area contributed by atoms with E-state index in [2.05, 4.69) is 39.0 Å². The van der Waals surface area contributed by atoms with Gasteiger partial charge in [-0.3, -0.25) is 0 Å². The Morgan fingerprint density at radius 3 is 0.872 bits per heavy atom. The molecule has 4 rings (SSSR count). The molecule has 0 aliphatic rings. The van der Waals surface area contributed by atoms with Crippen LogP contribution in [0.1, 0.15) is 50.1 Å². The van der Waals surface area contributed by atoms with E-state index in [1.54, 1.807) is 72.8 Å². The average Bonchev–Trinajstić information content (AvgIpc) is 2.97. The van der Waals surface area contributed by atoms with Crippen LogP contribution in [0, 0.1) is 54.8 Å². The molecule has 0 aliphatic carbocycles. The highest BCUT2D eigenvalue weighted by molar-refractivity contribution is 5.51. The molecular formula is C33H27N3O3. The number of nitriles is 3. The second-order valence-corrected chi connectivity index (χ2v) is 9.09. The quantitative estimate of drug-likeness (QED) is 0.240. The van der Waals surface area contributed by atoms with Crippen molar-refractivity contribution in [2.75, 3.05) is 0 Å². The standard InChI is InChI=1S/C33H27N3O3/c1-22-31(19-37-28-10-4-25(16-34)5-11-28)23(2)33(21-39-30-14-8-27(18-36)9-15-30)24(3)32(22)20-38-29-12-6-26(17-35)7-13-29/h4-15H,19-21H2,1-3H3. The summed E-state index contributed by atoms with van der Waals surface area (Å²) in [6.07, 6.45) is 0. The topological polar surface area (TPSA) is 99.1 Å². The Hall–Kier alpha value is -5.25. The monoisotopic (exact) mass is 513 g/mol. The van der Waals surface area contributed by atoms with Crippen molar-refractivity contribution in [3.63, 3.8) is 0 Å². The van der Waals surface area contributed by atoms with E-state index in [0.29, 0.717) is 53.8 Å². The lowest BCUT2D eigenvalue weighted by Gasteiger charge is -2.23. The van der Waals surface area contributed by atoms with Crippen molar-refractivity contribution in [2.24, 2.45) is 0 Å². The first-order valence-corrected chi connectivity index (χ1v) is 12.4. The Morgan fingerprint density at radius 2 is 0.667 bits per heavy atom. The summed E-state index contributed by atoms with van der Waals surface area (Å²) in [5, 5.41) is 27.2. The Bertz CT molecular complexity index is 1370. The third kappa shape index (κ3) is 6.37. The predicted octanol–water partition coefficient (Wildman–Crippen LogP) is 6.96. The number of hydrogen-bond donors (Lipinski definition) is 0. The largest absolute Gasteiger partial charge is 0.489 e. The van der Waals surface area contributed by atoms with E-state index < -0.39 is 0 Å². The highest BCUT2D eigenvalue weighted by Gasteiger charge is 2.19. The van der Waals surface area contributed by atoms with Crippen LogP contribution in [0.2, 0.25) is 0 Å². The van der Waals surface area contributed by atoms with E-state index in [-0.39, 0.29) is 0 Å². The van der Waals surface area contributed by atoms with Gasteiger partial charge in [-0.05, 0) is 127 Å². The lowest BCUT2D eigenvalue weighted by molar-refractivity contribution is 0.290. The van der Waals surface area contributed by atoms with Crippen LogP contribution in [-0.2, 0) is 19.8 Å². The van der Waals surface area contributed by atoms with Crippen molar-refractivity contribution < 1.29 is 14.2 Å². The number of rotatable bonds is 9. The molecule has 4 aromatic carbocycles. The lowest BCUT2D eigenvalue weighted by atomic mass is 9.89. The van der Waals surface area contributed by atoms with Gasteiger partial charge in [-0.2, -0.15) is 15.8 Å². The molecule has 0 aliphatic heterocycles. The van der Waals surface area contributed by atoms with Crippen LogP contribution in [0.25, 0.3) is 0 Å². The van der Waals surface area contributed by atoms with E-state index >= 15 is 0 Å². The first kappa shape index (κ1) is 26.8. The minimum absolute atomic E-state index is 0.345. The van der Waals surface area contributed by atoms with Crippen LogP contribution in [0.15, 0.2) is 72.8 Å². The summed E-state index contributed by atoms with van der Waals surface area (Å²) in [5.74, 6) is 2.04. The van der Waals surface area contributed by atoms with E-state index in [9.17, 15) is 0 Å². The minimum Gasteiger partial charge on any atom is -0.489 e. The normalized spacial score (nSPS) is 10.2. The van der Waals surface area contributed by atoms with Gasteiger partial charge in [-0.15, -0.1) is 0 Å². The van der Waals surface area contributed by atoms with Gasteiger partial charge in [0.05, 0.1) is 34.9 Å². The lowest BCUT2D eigenvalue weighted by Crippen LogP contribution is -2.13. The Morgan fingerprint density at radius 1 is 0.436 bits per heavy atom. The summed E-state index contributed by atoms with van der Waals surface area (Å²) >= 11 is 0. The molecule has 0 spiro atoms. The maximum Gasteiger partial charge on any atom is 0.119 e. The van der Waals surface area contributed by atoms with E-state index in [4.69, 9.17) is 30.0 Å². The predicted molar refractivity (Wildman–Crippen MR) is 147 cm³/mol. The third-order valence-electron chi connectivity index (χ3n) is 6.82. The van der Waals surface area contributed by atoms with Crippen LogP contribution in [0.5, 0.6) is 17.2 Å². The number of nitrogens with zero attached hydrogens (tertiary/aromatic N) is 3. The van der Waals surface area contributed by atoms with Crippen molar-refractivity contribution in [3.8, 4) is 35.5 Å². The van der Waals surface area contributed by atoms with Gasteiger partial charge in [0, 0.05) is 0 Å².